The SMILES string of the molecule is CSC[C@H](NC(=O)OCc1ccccc1)C(=O)O. The molecule has 0 aromatic heterocycles. The highest BCUT2D eigenvalue weighted by Crippen LogP contribution is 2.02. The first-order valence-electron chi connectivity index (χ1n) is 5.32. The van der Waals surface area contributed by atoms with E-state index in [4.69, 9.17) is 9.84 Å². The molecule has 0 unspecified atom stereocenters. The molecule has 0 aliphatic heterocycles. The Morgan fingerprint density at radius 1 is 1.39 bits per heavy atom. The molecule has 1 aromatic rings. The maximum Gasteiger partial charge on any atom is 0.408 e. The molecule has 0 bridgehead atoms. The van der Waals surface area contributed by atoms with Crippen LogP contribution in [0.2, 0.25) is 0 Å². The number of rotatable bonds is 6. The summed E-state index contributed by atoms with van der Waals surface area (Å²) in [6, 6.07) is 8.26. The quantitative estimate of drug-likeness (QED) is 0.822. The smallest absolute Gasteiger partial charge is 0.408 e. The van der Waals surface area contributed by atoms with Gasteiger partial charge >= 0.3 is 12.1 Å². The molecular formula is C12H15NO4S. The van der Waals surface area contributed by atoms with Crippen LogP contribution in [0.1, 0.15) is 5.56 Å². The number of hydrogen-bond acceptors (Lipinski definition) is 4. The first-order valence-corrected chi connectivity index (χ1v) is 6.72. The Kier molecular flexibility index (Phi) is 6.07. The van der Waals surface area contributed by atoms with Gasteiger partial charge in [-0.2, -0.15) is 11.8 Å². The molecule has 0 saturated carbocycles. The van der Waals surface area contributed by atoms with Gasteiger partial charge in [0.05, 0.1) is 0 Å². The van der Waals surface area contributed by atoms with E-state index in [9.17, 15) is 9.59 Å². The number of aliphatic carboxylic acids is 1. The fraction of sp³-hybridized carbons (Fsp3) is 0.333. The molecule has 1 rings (SSSR count). The summed E-state index contributed by atoms with van der Waals surface area (Å²) in [6.07, 6.45) is 1.05. The molecule has 98 valence electrons. The minimum atomic E-state index is -1.07. The summed E-state index contributed by atoms with van der Waals surface area (Å²) in [6.45, 7) is 0.123. The third-order valence-corrected chi connectivity index (χ3v) is 2.80. The Morgan fingerprint density at radius 2 is 2.06 bits per heavy atom. The van der Waals surface area contributed by atoms with Crippen molar-refractivity contribution in [2.45, 2.75) is 12.6 Å². The zero-order chi connectivity index (χ0) is 13.4. The lowest BCUT2D eigenvalue weighted by atomic mass is 10.2. The summed E-state index contributed by atoms with van der Waals surface area (Å²) >= 11 is 1.34. The lowest BCUT2D eigenvalue weighted by Crippen LogP contribution is -2.42. The van der Waals surface area contributed by atoms with Crippen LogP contribution in [-0.4, -0.2) is 35.2 Å². The number of carboxylic acids is 1. The van der Waals surface area contributed by atoms with Gasteiger partial charge in [-0.1, -0.05) is 30.3 Å². The molecule has 0 heterocycles. The summed E-state index contributed by atoms with van der Waals surface area (Å²) in [5.74, 6) is -0.767. The molecular weight excluding hydrogens is 254 g/mol. The largest absolute Gasteiger partial charge is 0.480 e. The van der Waals surface area contributed by atoms with Crippen LogP contribution < -0.4 is 5.32 Å². The molecule has 5 nitrogen and oxygen atoms in total. The topological polar surface area (TPSA) is 75.6 Å². The molecule has 0 fully saturated rings. The molecule has 6 heteroatoms. The monoisotopic (exact) mass is 269 g/mol. The van der Waals surface area contributed by atoms with Crippen molar-refractivity contribution >= 4 is 23.8 Å². The number of alkyl carbamates (subject to hydrolysis) is 1. The first kappa shape index (κ1) is 14.4. The summed E-state index contributed by atoms with van der Waals surface area (Å²) in [7, 11) is 0. The zero-order valence-corrected chi connectivity index (χ0v) is 10.8. The third-order valence-electron chi connectivity index (χ3n) is 2.14. The van der Waals surface area contributed by atoms with Crippen molar-refractivity contribution in [1.29, 1.82) is 0 Å². The van der Waals surface area contributed by atoms with Gasteiger partial charge in [-0.3, -0.25) is 0 Å². The number of amides is 1. The number of carbonyl (C=O) groups is 2. The van der Waals surface area contributed by atoms with E-state index >= 15 is 0 Å². The van der Waals surface area contributed by atoms with Crippen molar-refractivity contribution in [1.82, 2.24) is 5.32 Å². The Balaban J connectivity index is 2.39. The fourth-order valence-electron chi connectivity index (χ4n) is 1.25. The van der Waals surface area contributed by atoms with Crippen LogP contribution in [0.4, 0.5) is 4.79 Å². The highest BCUT2D eigenvalue weighted by atomic mass is 32.2. The minimum absolute atomic E-state index is 0.123. The van der Waals surface area contributed by atoms with Gasteiger partial charge in [0.25, 0.3) is 0 Å². The fourth-order valence-corrected chi connectivity index (χ4v) is 1.81. The second kappa shape index (κ2) is 7.60. The van der Waals surface area contributed by atoms with Crippen molar-refractivity contribution in [3.63, 3.8) is 0 Å². The van der Waals surface area contributed by atoms with Crippen molar-refractivity contribution in [2.24, 2.45) is 0 Å². The van der Waals surface area contributed by atoms with Crippen LogP contribution in [-0.2, 0) is 16.1 Å². The number of carbonyl (C=O) groups excluding carboxylic acids is 1. The van der Waals surface area contributed by atoms with Gasteiger partial charge in [-0.25, -0.2) is 9.59 Å². The van der Waals surface area contributed by atoms with E-state index in [1.165, 1.54) is 11.8 Å². The van der Waals surface area contributed by atoms with Gasteiger partial charge in [0.1, 0.15) is 12.6 Å². The lowest BCUT2D eigenvalue weighted by Gasteiger charge is -2.13. The lowest BCUT2D eigenvalue weighted by molar-refractivity contribution is -0.138. The standard InChI is InChI=1S/C12H15NO4S/c1-18-8-10(11(14)15)13-12(16)17-7-9-5-3-2-4-6-9/h2-6,10H,7-8H2,1H3,(H,13,16)(H,14,15)/t10-/m0/s1. The molecule has 0 spiro atoms. The Morgan fingerprint density at radius 3 is 2.61 bits per heavy atom. The molecule has 2 N–H and O–H groups in total. The maximum absolute atomic E-state index is 11.4. The van der Waals surface area contributed by atoms with Crippen molar-refractivity contribution in [2.75, 3.05) is 12.0 Å². The van der Waals surface area contributed by atoms with E-state index in [0.717, 1.165) is 5.56 Å². The average molecular weight is 269 g/mol. The van der Waals surface area contributed by atoms with E-state index in [-0.39, 0.29) is 6.61 Å². The molecule has 1 aromatic carbocycles. The van der Waals surface area contributed by atoms with Crippen LogP contribution in [0.5, 0.6) is 0 Å². The molecule has 0 radical (unpaired) electrons. The van der Waals surface area contributed by atoms with Crippen molar-refractivity contribution in [3.05, 3.63) is 35.9 Å². The molecule has 0 saturated heterocycles. The Bertz CT molecular complexity index is 396. The summed E-state index contributed by atoms with van der Waals surface area (Å²) in [4.78, 5) is 22.2. The second-order valence-electron chi connectivity index (χ2n) is 3.55. The summed E-state index contributed by atoms with van der Waals surface area (Å²) in [5, 5.41) is 11.2. The number of hydrogen-bond donors (Lipinski definition) is 2. The van der Waals surface area contributed by atoms with Crippen LogP contribution in [0, 0.1) is 0 Å². The second-order valence-corrected chi connectivity index (χ2v) is 4.46. The van der Waals surface area contributed by atoms with Gasteiger partial charge in [0, 0.05) is 5.75 Å². The summed E-state index contributed by atoms with van der Waals surface area (Å²) in [5.41, 5.74) is 0.851. The third kappa shape index (κ3) is 5.09. The van der Waals surface area contributed by atoms with E-state index in [0.29, 0.717) is 5.75 Å². The van der Waals surface area contributed by atoms with Crippen molar-refractivity contribution < 1.29 is 19.4 Å². The van der Waals surface area contributed by atoms with E-state index < -0.39 is 18.1 Å². The Labute approximate surface area is 110 Å². The van der Waals surface area contributed by atoms with Gasteiger partial charge in [-0.05, 0) is 11.8 Å². The summed E-state index contributed by atoms with van der Waals surface area (Å²) < 4.78 is 4.93. The maximum atomic E-state index is 11.4. The van der Waals surface area contributed by atoms with E-state index in [1.54, 1.807) is 6.26 Å². The average Bonchev–Trinajstić information content (AvgIpc) is 2.37. The molecule has 18 heavy (non-hydrogen) atoms. The van der Waals surface area contributed by atoms with Crippen LogP contribution in [0.3, 0.4) is 0 Å². The molecule has 0 aliphatic carbocycles. The normalized spacial score (nSPS) is 11.6. The van der Waals surface area contributed by atoms with Gasteiger partial charge in [-0.15, -0.1) is 0 Å². The number of thioether (sulfide) groups is 1. The van der Waals surface area contributed by atoms with Crippen LogP contribution in [0.25, 0.3) is 0 Å². The van der Waals surface area contributed by atoms with Gasteiger partial charge < -0.3 is 15.2 Å². The molecule has 1 amide bonds. The number of nitrogens with one attached hydrogen (secondary N) is 1. The molecule has 0 aliphatic rings. The van der Waals surface area contributed by atoms with Gasteiger partial charge in [0.2, 0.25) is 0 Å². The predicted octanol–water partition coefficient (Wildman–Crippen LogP) is 1.73. The van der Waals surface area contributed by atoms with Crippen LogP contribution in [0.15, 0.2) is 30.3 Å². The Hall–Kier alpha value is -1.69. The first-order chi connectivity index (χ1) is 8.63. The van der Waals surface area contributed by atoms with E-state index in [1.807, 2.05) is 30.3 Å². The number of ether oxygens (including phenoxy) is 1. The van der Waals surface area contributed by atoms with E-state index in [2.05, 4.69) is 5.32 Å². The minimum Gasteiger partial charge on any atom is -0.480 e. The highest BCUT2D eigenvalue weighted by molar-refractivity contribution is 7.98. The molecule has 1 atom stereocenters. The number of carboxylic acid groups (broad SMARTS) is 1. The highest BCUT2D eigenvalue weighted by Gasteiger charge is 2.19. The van der Waals surface area contributed by atoms with Gasteiger partial charge in [0.15, 0.2) is 0 Å². The predicted molar refractivity (Wildman–Crippen MR) is 69.6 cm³/mol. The zero-order valence-electron chi connectivity index (χ0n) is 9.96. The van der Waals surface area contributed by atoms with Crippen molar-refractivity contribution in [3.8, 4) is 0 Å². The van der Waals surface area contributed by atoms with Crippen LogP contribution >= 0.6 is 11.8 Å². The number of benzene rings is 1.